The highest BCUT2D eigenvalue weighted by atomic mass is 16.4. The Bertz CT molecular complexity index is 526. The van der Waals surface area contributed by atoms with Gasteiger partial charge in [-0.1, -0.05) is 12.8 Å². The normalized spacial score (nSPS) is 19.1. The minimum absolute atomic E-state index is 0.312. The fourth-order valence-electron chi connectivity index (χ4n) is 2.60. The van der Waals surface area contributed by atoms with Gasteiger partial charge in [0, 0.05) is 31.4 Å². The fourth-order valence-corrected chi connectivity index (χ4v) is 2.60. The number of aromatic nitrogens is 2. The van der Waals surface area contributed by atoms with Gasteiger partial charge in [0.2, 0.25) is 0 Å². The second-order valence-electron chi connectivity index (χ2n) is 5.43. The van der Waals surface area contributed by atoms with E-state index in [-0.39, 0.29) is 6.03 Å². The van der Waals surface area contributed by atoms with Gasteiger partial charge in [-0.3, -0.25) is 4.68 Å². The Labute approximate surface area is 123 Å². The molecule has 1 atom stereocenters. The highest BCUT2D eigenvalue weighted by molar-refractivity contribution is 5.82. The van der Waals surface area contributed by atoms with Crippen LogP contribution in [-0.2, 0) is 18.4 Å². The molecule has 7 nitrogen and oxygen atoms in total. The van der Waals surface area contributed by atoms with Crippen molar-refractivity contribution in [1.82, 2.24) is 20.0 Å². The molecule has 1 aromatic rings. The van der Waals surface area contributed by atoms with Crippen LogP contribution in [0.15, 0.2) is 6.20 Å². The second-order valence-corrected chi connectivity index (χ2v) is 5.43. The maximum atomic E-state index is 12.3. The van der Waals surface area contributed by atoms with Crippen molar-refractivity contribution in [2.24, 2.45) is 7.05 Å². The number of aliphatic carboxylic acids is 1. The van der Waals surface area contributed by atoms with Crippen molar-refractivity contribution < 1.29 is 14.7 Å². The molecule has 1 aromatic heterocycles. The number of likely N-dealkylation sites (tertiary alicyclic amines) is 1. The average molecular weight is 294 g/mol. The van der Waals surface area contributed by atoms with Crippen LogP contribution in [0.2, 0.25) is 0 Å². The lowest BCUT2D eigenvalue weighted by molar-refractivity contribution is -0.142. The summed E-state index contributed by atoms with van der Waals surface area (Å²) in [6, 6.07) is -1.03. The molecule has 1 fully saturated rings. The Morgan fingerprint density at radius 1 is 1.43 bits per heavy atom. The van der Waals surface area contributed by atoms with Gasteiger partial charge in [0.1, 0.15) is 6.04 Å². The number of carboxylic acid groups (broad SMARTS) is 1. The molecule has 2 amide bonds. The van der Waals surface area contributed by atoms with Crippen molar-refractivity contribution in [3.63, 3.8) is 0 Å². The molecule has 21 heavy (non-hydrogen) atoms. The summed E-state index contributed by atoms with van der Waals surface area (Å²) >= 11 is 0. The molecule has 7 heteroatoms. The van der Waals surface area contributed by atoms with Crippen LogP contribution < -0.4 is 5.32 Å². The molecule has 0 bridgehead atoms. The van der Waals surface area contributed by atoms with Gasteiger partial charge in [-0.25, -0.2) is 9.59 Å². The van der Waals surface area contributed by atoms with Crippen molar-refractivity contribution in [1.29, 1.82) is 0 Å². The number of aryl methyl sites for hydroxylation is 1. The molecule has 116 valence electrons. The molecule has 1 aliphatic rings. The molecule has 0 aliphatic carbocycles. The Hall–Kier alpha value is -2.05. The van der Waals surface area contributed by atoms with Gasteiger partial charge in [-0.05, 0) is 19.8 Å². The summed E-state index contributed by atoms with van der Waals surface area (Å²) in [6.07, 6.45) is 4.91. The summed E-state index contributed by atoms with van der Waals surface area (Å²) in [5.74, 6) is -0.926. The fraction of sp³-hybridized carbons (Fsp3) is 0.643. The van der Waals surface area contributed by atoms with E-state index in [1.54, 1.807) is 10.9 Å². The van der Waals surface area contributed by atoms with Crippen LogP contribution >= 0.6 is 0 Å². The zero-order valence-electron chi connectivity index (χ0n) is 12.5. The first-order valence-corrected chi connectivity index (χ1v) is 7.25. The van der Waals surface area contributed by atoms with Gasteiger partial charge >= 0.3 is 12.0 Å². The molecular formula is C14H22N4O3. The Balaban J connectivity index is 2.00. The van der Waals surface area contributed by atoms with E-state index in [1.165, 1.54) is 4.90 Å². The third kappa shape index (κ3) is 3.53. The first-order valence-electron chi connectivity index (χ1n) is 7.25. The second kappa shape index (κ2) is 6.60. The van der Waals surface area contributed by atoms with E-state index in [9.17, 15) is 14.7 Å². The third-order valence-electron chi connectivity index (χ3n) is 4.07. The number of carbonyl (C=O) groups excluding carboxylic acids is 1. The predicted molar refractivity (Wildman–Crippen MR) is 76.8 cm³/mol. The monoisotopic (exact) mass is 294 g/mol. The SMILES string of the molecule is Cc1c(CNC(=O)N2CCCCCC2C(=O)O)cnn1C. The molecule has 1 unspecified atom stereocenters. The molecule has 1 saturated heterocycles. The third-order valence-corrected chi connectivity index (χ3v) is 4.07. The zero-order valence-corrected chi connectivity index (χ0v) is 12.5. The van der Waals surface area contributed by atoms with E-state index in [0.717, 1.165) is 30.5 Å². The summed E-state index contributed by atoms with van der Waals surface area (Å²) in [4.78, 5) is 25.0. The van der Waals surface area contributed by atoms with E-state index in [4.69, 9.17) is 0 Å². The number of urea groups is 1. The topological polar surface area (TPSA) is 87.5 Å². The van der Waals surface area contributed by atoms with Gasteiger partial charge in [0.15, 0.2) is 0 Å². The lowest BCUT2D eigenvalue weighted by atomic mass is 10.1. The highest BCUT2D eigenvalue weighted by Gasteiger charge is 2.30. The smallest absolute Gasteiger partial charge is 0.326 e. The van der Waals surface area contributed by atoms with E-state index in [2.05, 4.69) is 10.4 Å². The minimum atomic E-state index is -0.926. The van der Waals surface area contributed by atoms with E-state index < -0.39 is 12.0 Å². The van der Waals surface area contributed by atoms with Gasteiger partial charge < -0.3 is 15.3 Å². The van der Waals surface area contributed by atoms with Crippen molar-refractivity contribution in [2.75, 3.05) is 6.54 Å². The van der Waals surface area contributed by atoms with Crippen LogP contribution in [0.25, 0.3) is 0 Å². The zero-order chi connectivity index (χ0) is 15.4. The molecule has 0 radical (unpaired) electrons. The van der Waals surface area contributed by atoms with Crippen LogP contribution in [-0.4, -0.2) is 44.4 Å². The molecule has 2 heterocycles. The maximum Gasteiger partial charge on any atom is 0.326 e. The van der Waals surface area contributed by atoms with Crippen molar-refractivity contribution in [2.45, 2.75) is 45.2 Å². The first-order chi connectivity index (χ1) is 10.0. The average Bonchev–Trinajstić information content (AvgIpc) is 2.69. The van der Waals surface area contributed by atoms with Crippen LogP contribution in [0.1, 0.15) is 36.9 Å². The molecule has 0 spiro atoms. The van der Waals surface area contributed by atoms with Crippen LogP contribution in [0, 0.1) is 6.92 Å². The number of carbonyl (C=O) groups is 2. The van der Waals surface area contributed by atoms with Crippen molar-refractivity contribution in [3.8, 4) is 0 Å². The number of rotatable bonds is 3. The van der Waals surface area contributed by atoms with Crippen LogP contribution in [0.3, 0.4) is 0 Å². The molecular weight excluding hydrogens is 272 g/mol. The van der Waals surface area contributed by atoms with E-state index >= 15 is 0 Å². The molecule has 2 N–H and O–H groups in total. The highest BCUT2D eigenvalue weighted by Crippen LogP contribution is 2.17. The Morgan fingerprint density at radius 2 is 2.19 bits per heavy atom. The van der Waals surface area contributed by atoms with Gasteiger partial charge in [0.25, 0.3) is 0 Å². The number of carboxylic acids is 1. The van der Waals surface area contributed by atoms with Crippen LogP contribution in [0.5, 0.6) is 0 Å². The minimum Gasteiger partial charge on any atom is -0.480 e. The number of hydrogen-bond acceptors (Lipinski definition) is 3. The van der Waals surface area contributed by atoms with Crippen molar-refractivity contribution >= 4 is 12.0 Å². The molecule has 2 rings (SSSR count). The van der Waals surface area contributed by atoms with E-state index in [0.29, 0.717) is 19.5 Å². The number of nitrogens with one attached hydrogen (secondary N) is 1. The summed E-state index contributed by atoms with van der Waals surface area (Å²) in [6.45, 7) is 2.79. The van der Waals surface area contributed by atoms with Gasteiger partial charge in [0.05, 0.1) is 6.20 Å². The summed E-state index contributed by atoms with van der Waals surface area (Å²) in [5.41, 5.74) is 1.92. The lowest BCUT2D eigenvalue weighted by Crippen LogP contribution is -2.49. The molecule has 0 saturated carbocycles. The van der Waals surface area contributed by atoms with Gasteiger partial charge in [-0.15, -0.1) is 0 Å². The quantitative estimate of drug-likeness (QED) is 0.878. The first kappa shape index (κ1) is 15.3. The van der Waals surface area contributed by atoms with Crippen molar-refractivity contribution in [3.05, 3.63) is 17.5 Å². The Kier molecular flexibility index (Phi) is 4.82. The molecule has 0 aromatic carbocycles. The summed E-state index contributed by atoms with van der Waals surface area (Å²) in [5, 5.41) is 16.2. The lowest BCUT2D eigenvalue weighted by Gasteiger charge is -2.27. The number of hydrogen-bond donors (Lipinski definition) is 2. The molecule has 1 aliphatic heterocycles. The number of amides is 2. The Morgan fingerprint density at radius 3 is 2.81 bits per heavy atom. The largest absolute Gasteiger partial charge is 0.480 e. The van der Waals surface area contributed by atoms with Gasteiger partial charge in [-0.2, -0.15) is 5.10 Å². The van der Waals surface area contributed by atoms with E-state index in [1.807, 2.05) is 14.0 Å². The standard InChI is InChI=1S/C14H22N4O3/c1-10-11(9-16-17(10)2)8-15-14(21)18-7-5-3-4-6-12(18)13(19)20/h9,12H,3-8H2,1-2H3,(H,15,21)(H,19,20). The predicted octanol–water partition coefficient (Wildman–Crippen LogP) is 1.27. The van der Waals surface area contributed by atoms with Crippen LogP contribution in [0.4, 0.5) is 4.79 Å². The summed E-state index contributed by atoms with van der Waals surface area (Å²) in [7, 11) is 1.84. The number of nitrogens with zero attached hydrogens (tertiary/aromatic N) is 3. The summed E-state index contributed by atoms with van der Waals surface area (Å²) < 4.78 is 1.74. The maximum absolute atomic E-state index is 12.3.